The number of ether oxygens (including phenoxy) is 1. The normalized spacial score (nSPS) is 12.7. The largest absolute Gasteiger partial charge is 0.487 e. The van der Waals surface area contributed by atoms with Gasteiger partial charge in [-0.05, 0) is 41.9 Å². The van der Waals surface area contributed by atoms with Crippen molar-refractivity contribution >= 4 is 17.5 Å². The molecule has 9 heteroatoms. The lowest BCUT2D eigenvalue weighted by molar-refractivity contribution is -0.130. The van der Waals surface area contributed by atoms with Crippen LogP contribution in [0.2, 0.25) is 5.02 Å². The zero-order valence-electron chi connectivity index (χ0n) is 17.9. The van der Waals surface area contributed by atoms with E-state index in [-0.39, 0.29) is 35.4 Å². The smallest absolute Gasteiger partial charge is 0.273 e. The van der Waals surface area contributed by atoms with Crippen LogP contribution >= 0.6 is 11.6 Å². The van der Waals surface area contributed by atoms with E-state index in [0.29, 0.717) is 19.6 Å². The molecule has 0 saturated carbocycles. The summed E-state index contributed by atoms with van der Waals surface area (Å²) in [5.41, 5.74) is 2.75. The summed E-state index contributed by atoms with van der Waals surface area (Å²) in [4.78, 5) is 26.6. The van der Waals surface area contributed by atoms with Gasteiger partial charge in [0.05, 0.1) is 13.1 Å². The quantitative estimate of drug-likeness (QED) is 0.571. The summed E-state index contributed by atoms with van der Waals surface area (Å²) in [5.74, 6) is -1.26. The third-order valence-corrected chi connectivity index (χ3v) is 5.84. The molecule has 0 saturated heterocycles. The van der Waals surface area contributed by atoms with Crippen molar-refractivity contribution in [2.24, 2.45) is 0 Å². The average molecular weight is 474 g/mol. The van der Waals surface area contributed by atoms with E-state index in [1.54, 1.807) is 18.1 Å². The molecule has 2 heterocycles. The van der Waals surface area contributed by atoms with E-state index in [2.05, 4.69) is 5.32 Å². The van der Waals surface area contributed by atoms with Crippen molar-refractivity contribution in [2.75, 3.05) is 13.6 Å². The molecule has 1 aliphatic heterocycles. The summed E-state index contributed by atoms with van der Waals surface area (Å²) >= 11 is 6.21. The number of carbonyl (C=O) groups excluding carboxylic acids is 1. The van der Waals surface area contributed by atoms with E-state index in [1.165, 1.54) is 16.7 Å². The monoisotopic (exact) mass is 473 g/mol. The van der Waals surface area contributed by atoms with Gasteiger partial charge in [0.1, 0.15) is 29.0 Å². The molecule has 4 rings (SSSR count). The van der Waals surface area contributed by atoms with Crippen LogP contribution in [0.25, 0.3) is 0 Å². The standard InChI is InChI=1S/C24H22ClF2N3O3/c1-28-10-22(31)30-12-16-3-2-15(8-18(16)13-30)11-29-7-6-21(23(25)24(29)32)33-14-17-4-5-19(26)9-20(17)27/h2-9,28H,10-14H2,1H3. The van der Waals surface area contributed by atoms with Crippen molar-refractivity contribution in [3.8, 4) is 5.75 Å². The first-order valence-corrected chi connectivity index (χ1v) is 10.7. The number of hydrogen-bond donors (Lipinski definition) is 1. The van der Waals surface area contributed by atoms with Gasteiger partial charge in [0, 0.05) is 30.9 Å². The topological polar surface area (TPSA) is 63.6 Å². The Morgan fingerprint density at radius 3 is 2.67 bits per heavy atom. The van der Waals surface area contributed by atoms with Gasteiger partial charge in [-0.15, -0.1) is 0 Å². The third kappa shape index (κ3) is 5.07. The number of rotatable bonds is 7. The Bertz CT molecular complexity index is 1260. The minimum absolute atomic E-state index is 0.0364. The number of benzene rings is 2. The van der Waals surface area contributed by atoms with Gasteiger partial charge in [0.15, 0.2) is 0 Å². The molecular formula is C24H22ClF2N3O3. The van der Waals surface area contributed by atoms with Crippen molar-refractivity contribution < 1.29 is 18.3 Å². The minimum atomic E-state index is -0.734. The van der Waals surface area contributed by atoms with Gasteiger partial charge in [-0.2, -0.15) is 0 Å². The highest BCUT2D eigenvalue weighted by molar-refractivity contribution is 6.31. The molecular weight excluding hydrogens is 452 g/mol. The highest BCUT2D eigenvalue weighted by Crippen LogP contribution is 2.25. The van der Waals surface area contributed by atoms with E-state index in [1.807, 2.05) is 18.2 Å². The molecule has 0 aliphatic carbocycles. The first kappa shape index (κ1) is 22.9. The molecule has 0 atom stereocenters. The highest BCUT2D eigenvalue weighted by Gasteiger charge is 2.23. The fourth-order valence-electron chi connectivity index (χ4n) is 3.74. The number of carbonyl (C=O) groups is 1. The van der Waals surface area contributed by atoms with E-state index < -0.39 is 17.2 Å². The second kappa shape index (κ2) is 9.72. The predicted molar refractivity (Wildman–Crippen MR) is 120 cm³/mol. The van der Waals surface area contributed by atoms with Crippen molar-refractivity contribution in [1.29, 1.82) is 0 Å². The summed E-state index contributed by atoms with van der Waals surface area (Å²) in [5, 5.41) is 2.75. The highest BCUT2D eigenvalue weighted by atomic mass is 35.5. The Morgan fingerprint density at radius 1 is 1.12 bits per heavy atom. The maximum atomic E-state index is 13.8. The molecule has 6 nitrogen and oxygen atoms in total. The van der Waals surface area contributed by atoms with Gasteiger partial charge in [0.25, 0.3) is 5.56 Å². The molecule has 0 bridgehead atoms. The molecule has 1 aromatic heterocycles. The predicted octanol–water partition coefficient (Wildman–Crippen LogP) is 3.47. The van der Waals surface area contributed by atoms with Gasteiger partial charge in [0.2, 0.25) is 5.91 Å². The molecule has 3 aromatic rings. The maximum absolute atomic E-state index is 13.8. The van der Waals surface area contributed by atoms with Gasteiger partial charge < -0.3 is 19.5 Å². The van der Waals surface area contributed by atoms with Crippen molar-refractivity contribution in [3.63, 3.8) is 0 Å². The Hall–Kier alpha value is -3.23. The number of fused-ring (bicyclic) bond motifs is 1. The van der Waals surface area contributed by atoms with Crippen LogP contribution in [0, 0.1) is 11.6 Å². The molecule has 33 heavy (non-hydrogen) atoms. The molecule has 0 fully saturated rings. The van der Waals surface area contributed by atoms with E-state index in [9.17, 15) is 18.4 Å². The fraction of sp³-hybridized carbons (Fsp3) is 0.250. The summed E-state index contributed by atoms with van der Waals surface area (Å²) in [6, 6.07) is 10.6. The van der Waals surface area contributed by atoms with Gasteiger partial charge in [-0.1, -0.05) is 29.8 Å². The van der Waals surface area contributed by atoms with Crippen LogP contribution < -0.4 is 15.6 Å². The zero-order chi connectivity index (χ0) is 23.5. The zero-order valence-corrected chi connectivity index (χ0v) is 18.7. The van der Waals surface area contributed by atoms with E-state index >= 15 is 0 Å². The number of amides is 1. The van der Waals surface area contributed by atoms with Crippen molar-refractivity contribution in [1.82, 2.24) is 14.8 Å². The van der Waals surface area contributed by atoms with Crippen LogP contribution in [0.4, 0.5) is 8.78 Å². The number of aromatic nitrogens is 1. The van der Waals surface area contributed by atoms with Crippen LogP contribution in [0.1, 0.15) is 22.3 Å². The number of likely N-dealkylation sites (N-methyl/N-ethyl adjacent to an activating group) is 1. The number of pyridine rings is 1. The first-order valence-electron chi connectivity index (χ1n) is 10.3. The molecule has 0 spiro atoms. The van der Waals surface area contributed by atoms with Gasteiger partial charge in [-0.3, -0.25) is 9.59 Å². The SMILES string of the molecule is CNCC(=O)N1Cc2ccc(Cn3ccc(OCc4ccc(F)cc4F)c(Cl)c3=O)cc2C1. The Balaban J connectivity index is 1.46. The van der Waals surface area contributed by atoms with Gasteiger partial charge >= 0.3 is 0 Å². The second-order valence-corrected chi connectivity index (χ2v) is 8.21. The number of halogens is 3. The van der Waals surface area contributed by atoms with Crippen molar-refractivity contribution in [3.05, 3.63) is 97.9 Å². The van der Waals surface area contributed by atoms with E-state index in [4.69, 9.17) is 16.3 Å². The minimum Gasteiger partial charge on any atom is -0.487 e. The summed E-state index contributed by atoms with van der Waals surface area (Å²) in [6.45, 7) is 1.50. The lowest BCUT2D eigenvalue weighted by Crippen LogP contribution is -2.33. The summed E-state index contributed by atoms with van der Waals surface area (Å²) in [6.07, 6.45) is 1.56. The van der Waals surface area contributed by atoms with Crippen LogP contribution in [0.5, 0.6) is 5.75 Å². The fourth-order valence-corrected chi connectivity index (χ4v) is 3.97. The van der Waals surface area contributed by atoms with Crippen LogP contribution in [-0.2, 0) is 31.0 Å². The second-order valence-electron chi connectivity index (χ2n) is 7.83. The van der Waals surface area contributed by atoms with Crippen LogP contribution in [0.3, 0.4) is 0 Å². The lowest BCUT2D eigenvalue weighted by Gasteiger charge is -2.14. The molecule has 1 amide bonds. The molecule has 0 unspecified atom stereocenters. The molecule has 2 aromatic carbocycles. The van der Waals surface area contributed by atoms with Crippen LogP contribution in [0.15, 0.2) is 53.5 Å². The molecule has 0 radical (unpaired) electrons. The van der Waals surface area contributed by atoms with Crippen LogP contribution in [-0.4, -0.2) is 29.0 Å². The first-order chi connectivity index (χ1) is 15.9. The van der Waals surface area contributed by atoms with E-state index in [0.717, 1.165) is 28.8 Å². The third-order valence-electron chi connectivity index (χ3n) is 5.50. The maximum Gasteiger partial charge on any atom is 0.273 e. The number of hydrogen-bond acceptors (Lipinski definition) is 4. The average Bonchev–Trinajstić information content (AvgIpc) is 3.21. The lowest BCUT2D eigenvalue weighted by atomic mass is 10.1. The number of nitrogens with one attached hydrogen (secondary N) is 1. The Kier molecular flexibility index (Phi) is 6.76. The molecule has 1 aliphatic rings. The number of nitrogens with zero attached hydrogens (tertiary/aromatic N) is 2. The molecule has 1 N–H and O–H groups in total. The summed E-state index contributed by atoms with van der Waals surface area (Å²) in [7, 11) is 1.74. The molecule has 172 valence electrons. The Labute approximate surface area is 194 Å². The Morgan fingerprint density at radius 2 is 1.91 bits per heavy atom. The summed E-state index contributed by atoms with van der Waals surface area (Å²) < 4.78 is 33.8. The van der Waals surface area contributed by atoms with Crippen molar-refractivity contribution in [2.45, 2.75) is 26.2 Å². The van der Waals surface area contributed by atoms with Gasteiger partial charge in [-0.25, -0.2) is 8.78 Å².